The minimum atomic E-state index is -0.185. The van der Waals surface area contributed by atoms with E-state index in [0.717, 1.165) is 5.75 Å². The van der Waals surface area contributed by atoms with Gasteiger partial charge in [0.15, 0.2) is 0 Å². The number of hydrogen-bond donors (Lipinski definition) is 1. The van der Waals surface area contributed by atoms with Crippen LogP contribution in [0.1, 0.15) is 26.7 Å². The summed E-state index contributed by atoms with van der Waals surface area (Å²) in [5.74, 6) is 0.539. The zero-order valence-corrected chi connectivity index (χ0v) is 10.3. The first kappa shape index (κ1) is 13.4. The Balaban J connectivity index is 2.34. The maximum Gasteiger partial charge on any atom is 0.305 e. The van der Waals surface area contributed by atoms with Crippen molar-refractivity contribution in [1.29, 1.82) is 0 Å². The molecule has 17 heavy (non-hydrogen) atoms. The molecule has 0 bridgehead atoms. The highest BCUT2D eigenvalue weighted by atomic mass is 16.5. The van der Waals surface area contributed by atoms with Crippen molar-refractivity contribution in [2.24, 2.45) is 0 Å². The summed E-state index contributed by atoms with van der Waals surface area (Å²) in [6.07, 6.45) is 0.964. The second-order valence-corrected chi connectivity index (χ2v) is 3.84. The lowest BCUT2D eigenvalue weighted by Gasteiger charge is -2.14. The average Bonchev–Trinajstić information content (AvgIpc) is 2.27. The number of nitrogen functional groups attached to an aromatic ring is 1. The van der Waals surface area contributed by atoms with Gasteiger partial charge in [0.1, 0.15) is 5.75 Å². The number of hydrogen-bond acceptors (Lipinski definition) is 4. The largest absolute Gasteiger partial charge is 0.491 e. The molecule has 1 rings (SSSR count). The van der Waals surface area contributed by atoms with E-state index in [-0.39, 0.29) is 12.1 Å². The third-order valence-electron chi connectivity index (χ3n) is 2.26. The molecule has 0 amide bonds. The van der Waals surface area contributed by atoms with Crippen molar-refractivity contribution in [3.63, 3.8) is 0 Å². The summed E-state index contributed by atoms with van der Waals surface area (Å²) in [5, 5.41) is 0. The molecule has 0 aliphatic carbocycles. The molecule has 0 heterocycles. The fraction of sp³-hybridized carbons (Fsp3) is 0.462. The summed E-state index contributed by atoms with van der Waals surface area (Å²) < 4.78 is 10.5. The number of benzene rings is 1. The van der Waals surface area contributed by atoms with Gasteiger partial charge in [0.05, 0.1) is 12.7 Å². The molecule has 0 saturated heterocycles. The van der Waals surface area contributed by atoms with Crippen molar-refractivity contribution in [2.75, 3.05) is 12.3 Å². The molecule has 0 radical (unpaired) electrons. The lowest BCUT2D eigenvalue weighted by Crippen LogP contribution is -2.15. The molecule has 1 atom stereocenters. The second kappa shape index (κ2) is 6.78. The molecule has 1 aromatic carbocycles. The van der Waals surface area contributed by atoms with Crippen LogP contribution in [0.3, 0.4) is 0 Å². The molecule has 0 fully saturated rings. The third kappa shape index (κ3) is 5.24. The summed E-state index contributed by atoms with van der Waals surface area (Å²) in [4.78, 5) is 11.2. The third-order valence-corrected chi connectivity index (χ3v) is 2.26. The molecule has 0 saturated carbocycles. The van der Waals surface area contributed by atoms with Crippen molar-refractivity contribution in [3.8, 4) is 5.75 Å². The van der Waals surface area contributed by atoms with Gasteiger partial charge in [0.2, 0.25) is 0 Å². The quantitative estimate of drug-likeness (QED) is 0.609. The zero-order chi connectivity index (χ0) is 12.7. The fourth-order valence-electron chi connectivity index (χ4n) is 1.43. The first-order chi connectivity index (χ1) is 8.11. The number of nitrogens with two attached hydrogens (primary N) is 1. The molecule has 94 valence electrons. The van der Waals surface area contributed by atoms with E-state index >= 15 is 0 Å². The van der Waals surface area contributed by atoms with Crippen molar-refractivity contribution in [3.05, 3.63) is 24.3 Å². The first-order valence-electron chi connectivity index (χ1n) is 5.79. The van der Waals surface area contributed by atoms with Crippen LogP contribution >= 0.6 is 0 Å². The number of esters is 1. The minimum absolute atomic E-state index is 0.0405. The second-order valence-electron chi connectivity index (χ2n) is 3.84. The first-order valence-corrected chi connectivity index (χ1v) is 5.79. The lowest BCUT2D eigenvalue weighted by atomic mass is 10.2. The molecule has 1 aromatic rings. The SMILES string of the molecule is CCOC(=O)CCC(C)Oc1cccc(N)c1. The molecule has 4 heteroatoms. The van der Waals surface area contributed by atoms with E-state index in [2.05, 4.69) is 0 Å². The van der Waals surface area contributed by atoms with E-state index in [1.165, 1.54) is 0 Å². The van der Waals surface area contributed by atoms with Crippen molar-refractivity contribution >= 4 is 11.7 Å². The molecule has 4 nitrogen and oxygen atoms in total. The summed E-state index contributed by atoms with van der Waals surface area (Å²) >= 11 is 0. The summed E-state index contributed by atoms with van der Waals surface area (Å²) in [6, 6.07) is 7.25. The van der Waals surface area contributed by atoms with Crippen LogP contribution in [0.5, 0.6) is 5.75 Å². The molecular formula is C13H19NO3. The van der Waals surface area contributed by atoms with Crippen molar-refractivity contribution < 1.29 is 14.3 Å². The smallest absolute Gasteiger partial charge is 0.305 e. The lowest BCUT2D eigenvalue weighted by molar-refractivity contribution is -0.143. The van der Waals surface area contributed by atoms with Crippen LogP contribution in [0.4, 0.5) is 5.69 Å². The Morgan fingerprint density at radius 1 is 1.47 bits per heavy atom. The van der Waals surface area contributed by atoms with E-state index < -0.39 is 0 Å². The van der Waals surface area contributed by atoms with E-state index in [1.54, 1.807) is 19.1 Å². The van der Waals surface area contributed by atoms with Crippen LogP contribution in [-0.4, -0.2) is 18.7 Å². The number of ether oxygens (including phenoxy) is 2. The Bertz CT molecular complexity index is 365. The Morgan fingerprint density at radius 2 is 2.24 bits per heavy atom. The van der Waals surface area contributed by atoms with E-state index in [1.807, 2.05) is 19.1 Å². The van der Waals surface area contributed by atoms with Crippen molar-refractivity contribution in [2.45, 2.75) is 32.8 Å². The van der Waals surface area contributed by atoms with Gasteiger partial charge in [-0.05, 0) is 32.4 Å². The maximum absolute atomic E-state index is 11.2. The normalized spacial score (nSPS) is 11.9. The van der Waals surface area contributed by atoms with Gasteiger partial charge in [-0.3, -0.25) is 4.79 Å². The Labute approximate surface area is 102 Å². The standard InChI is InChI=1S/C13H19NO3/c1-3-16-13(15)8-7-10(2)17-12-6-4-5-11(14)9-12/h4-6,9-10H,3,7-8,14H2,1-2H3. The Kier molecular flexibility index (Phi) is 5.33. The fourth-order valence-corrected chi connectivity index (χ4v) is 1.43. The maximum atomic E-state index is 11.2. The van der Waals surface area contributed by atoms with Crippen LogP contribution in [0.25, 0.3) is 0 Å². The van der Waals surface area contributed by atoms with Crippen molar-refractivity contribution in [1.82, 2.24) is 0 Å². The molecule has 0 aromatic heterocycles. The highest BCUT2D eigenvalue weighted by molar-refractivity contribution is 5.69. The predicted octanol–water partition coefficient (Wildman–Crippen LogP) is 2.38. The molecule has 0 aliphatic rings. The van der Waals surface area contributed by atoms with E-state index in [0.29, 0.717) is 25.1 Å². The summed E-state index contributed by atoms with van der Waals surface area (Å²) in [6.45, 7) is 4.14. The predicted molar refractivity (Wildman–Crippen MR) is 66.8 cm³/mol. The highest BCUT2D eigenvalue weighted by Crippen LogP contribution is 2.17. The monoisotopic (exact) mass is 237 g/mol. The minimum Gasteiger partial charge on any atom is -0.491 e. The number of carbonyl (C=O) groups is 1. The topological polar surface area (TPSA) is 61.5 Å². The zero-order valence-electron chi connectivity index (χ0n) is 10.3. The molecule has 2 N–H and O–H groups in total. The van der Waals surface area contributed by atoms with Gasteiger partial charge in [-0.25, -0.2) is 0 Å². The molecular weight excluding hydrogens is 218 g/mol. The average molecular weight is 237 g/mol. The highest BCUT2D eigenvalue weighted by Gasteiger charge is 2.08. The van der Waals surface area contributed by atoms with Gasteiger partial charge in [-0.15, -0.1) is 0 Å². The van der Waals surface area contributed by atoms with Crippen LogP contribution < -0.4 is 10.5 Å². The van der Waals surface area contributed by atoms with Gasteiger partial charge in [0, 0.05) is 18.2 Å². The molecule has 0 aliphatic heterocycles. The Hall–Kier alpha value is -1.71. The van der Waals surface area contributed by atoms with Crippen LogP contribution in [0.2, 0.25) is 0 Å². The van der Waals surface area contributed by atoms with Gasteiger partial charge in [-0.1, -0.05) is 6.07 Å². The van der Waals surface area contributed by atoms with Crippen LogP contribution in [0.15, 0.2) is 24.3 Å². The summed E-state index contributed by atoms with van der Waals surface area (Å²) in [5.41, 5.74) is 6.31. The van der Waals surface area contributed by atoms with E-state index in [4.69, 9.17) is 15.2 Å². The van der Waals surface area contributed by atoms with Gasteiger partial charge in [0.25, 0.3) is 0 Å². The number of rotatable bonds is 6. The Morgan fingerprint density at radius 3 is 2.88 bits per heavy atom. The summed E-state index contributed by atoms with van der Waals surface area (Å²) in [7, 11) is 0. The van der Waals surface area contributed by atoms with Gasteiger partial charge >= 0.3 is 5.97 Å². The van der Waals surface area contributed by atoms with Crippen LogP contribution in [-0.2, 0) is 9.53 Å². The number of carbonyl (C=O) groups excluding carboxylic acids is 1. The van der Waals surface area contributed by atoms with Crippen LogP contribution in [0, 0.1) is 0 Å². The molecule has 0 spiro atoms. The molecule has 1 unspecified atom stereocenters. The number of anilines is 1. The van der Waals surface area contributed by atoms with Gasteiger partial charge < -0.3 is 15.2 Å². The van der Waals surface area contributed by atoms with Gasteiger partial charge in [-0.2, -0.15) is 0 Å². The van der Waals surface area contributed by atoms with E-state index in [9.17, 15) is 4.79 Å².